The molecule has 1 unspecified atom stereocenters. The maximum atomic E-state index is 6.08. The topological polar surface area (TPSA) is 38.5 Å². The summed E-state index contributed by atoms with van der Waals surface area (Å²) in [6.45, 7) is 8.71. The van der Waals surface area contributed by atoms with Crippen molar-refractivity contribution in [3.63, 3.8) is 0 Å². The van der Waals surface area contributed by atoms with Crippen molar-refractivity contribution in [1.29, 1.82) is 0 Å². The molecule has 114 valence electrons. The van der Waals surface area contributed by atoms with Crippen molar-refractivity contribution in [1.82, 2.24) is 4.90 Å². The van der Waals surface area contributed by atoms with E-state index in [2.05, 4.69) is 18.7 Å². The molecule has 1 heterocycles. The van der Waals surface area contributed by atoms with Gasteiger partial charge in [-0.05, 0) is 45.2 Å². The van der Waals surface area contributed by atoms with Gasteiger partial charge in [-0.3, -0.25) is 4.90 Å². The van der Waals surface area contributed by atoms with Crippen molar-refractivity contribution in [3.05, 3.63) is 0 Å². The average Bonchev–Trinajstić information content (AvgIpc) is 2.44. The fraction of sp³-hybridized carbons (Fsp3) is 1.00. The van der Waals surface area contributed by atoms with Crippen LogP contribution in [0.25, 0.3) is 0 Å². The van der Waals surface area contributed by atoms with Crippen molar-refractivity contribution in [3.8, 4) is 0 Å². The summed E-state index contributed by atoms with van der Waals surface area (Å²) in [5, 5.41) is 0. The lowest BCUT2D eigenvalue weighted by Gasteiger charge is -2.44. The summed E-state index contributed by atoms with van der Waals surface area (Å²) in [5.41, 5.74) is 6.29. The molecule has 1 aliphatic heterocycles. The smallest absolute Gasteiger partial charge is 0.0491 e. The first kappa shape index (κ1) is 16.9. The van der Waals surface area contributed by atoms with Crippen molar-refractivity contribution in [2.24, 2.45) is 11.7 Å². The fourth-order valence-corrected chi connectivity index (χ4v) is 3.20. The Labute approximate surface area is 119 Å². The quantitative estimate of drug-likeness (QED) is 0.655. The zero-order chi connectivity index (χ0) is 14.1. The van der Waals surface area contributed by atoms with Crippen molar-refractivity contribution >= 4 is 0 Å². The van der Waals surface area contributed by atoms with Crippen LogP contribution in [0, 0.1) is 5.92 Å². The zero-order valence-electron chi connectivity index (χ0n) is 13.3. The highest BCUT2D eigenvalue weighted by Crippen LogP contribution is 2.28. The number of hydrogen-bond acceptors (Lipinski definition) is 3. The maximum absolute atomic E-state index is 6.08. The van der Waals surface area contributed by atoms with Gasteiger partial charge in [-0.2, -0.15) is 0 Å². The Hall–Kier alpha value is -0.120. The van der Waals surface area contributed by atoms with Gasteiger partial charge in [-0.15, -0.1) is 0 Å². The van der Waals surface area contributed by atoms with E-state index in [1.165, 1.54) is 58.0 Å². The summed E-state index contributed by atoms with van der Waals surface area (Å²) in [7, 11) is 1.81. The van der Waals surface area contributed by atoms with Crippen LogP contribution in [0.3, 0.4) is 0 Å². The lowest BCUT2D eigenvalue weighted by Crippen LogP contribution is -2.54. The van der Waals surface area contributed by atoms with Gasteiger partial charge >= 0.3 is 0 Å². The van der Waals surface area contributed by atoms with Crippen LogP contribution < -0.4 is 5.73 Å². The Kier molecular flexibility index (Phi) is 7.96. The summed E-state index contributed by atoms with van der Waals surface area (Å²) in [4.78, 5) is 2.63. The largest absolute Gasteiger partial charge is 0.384 e. The van der Waals surface area contributed by atoms with E-state index in [1.54, 1.807) is 0 Å². The van der Waals surface area contributed by atoms with Crippen molar-refractivity contribution in [2.75, 3.05) is 33.4 Å². The molecule has 1 aliphatic rings. The number of rotatable bonds is 9. The number of unbranched alkanes of at least 4 members (excludes halogenated alkanes) is 3. The number of methoxy groups -OCH3 is 1. The molecule has 19 heavy (non-hydrogen) atoms. The van der Waals surface area contributed by atoms with Crippen LogP contribution in [-0.4, -0.2) is 43.8 Å². The number of likely N-dealkylation sites (tertiary alicyclic amines) is 1. The van der Waals surface area contributed by atoms with Crippen molar-refractivity contribution < 1.29 is 4.74 Å². The lowest BCUT2D eigenvalue weighted by molar-refractivity contribution is 0.0370. The van der Waals surface area contributed by atoms with Crippen LogP contribution in [0.15, 0.2) is 0 Å². The molecule has 1 fully saturated rings. The SMILES string of the molecule is CCCCCCC(C)(CN)N1CCC(COC)CC1. The average molecular weight is 270 g/mol. The predicted octanol–water partition coefficient (Wildman–Crippen LogP) is 3.03. The number of nitrogens with zero attached hydrogens (tertiary/aromatic N) is 1. The summed E-state index contributed by atoms with van der Waals surface area (Å²) in [6, 6.07) is 0. The van der Waals surface area contributed by atoms with Crippen LogP contribution >= 0.6 is 0 Å². The normalized spacial score (nSPS) is 21.5. The molecular formula is C16H34N2O. The summed E-state index contributed by atoms with van der Waals surface area (Å²) in [6.07, 6.45) is 9.11. The second kappa shape index (κ2) is 8.93. The molecule has 1 atom stereocenters. The van der Waals surface area contributed by atoms with E-state index in [0.717, 1.165) is 19.1 Å². The number of ether oxygens (including phenoxy) is 1. The minimum Gasteiger partial charge on any atom is -0.384 e. The lowest BCUT2D eigenvalue weighted by atomic mass is 9.88. The summed E-state index contributed by atoms with van der Waals surface area (Å²) in [5.74, 6) is 0.753. The molecule has 1 saturated heterocycles. The van der Waals surface area contributed by atoms with Crippen LogP contribution in [0.5, 0.6) is 0 Å². The molecule has 3 nitrogen and oxygen atoms in total. The molecule has 0 bridgehead atoms. The van der Waals surface area contributed by atoms with Crippen molar-refractivity contribution in [2.45, 2.75) is 64.3 Å². The molecule has 0 radical (unpaired) electrons. The third kappa shape index (κ3) is 5.41. The monoisotopic (exact) mass is 270 g/mol. The van der Waals surface area contributed by atoms with Gasteiger partial charge in [-0.25, -0.2) is 0 Å². The highest BCUT2D eigenvalue weighted by atomic mass is 16.5. The molecular weight excluding hydrogens is 236 g/mol. The highest BCUT2D eigenvalue weighted by Gasteiger charge is 2.32. The molecule has 1 rings (SSSR count). The molecule has 3 heteroatoms. The molecule has 0 aromatic rings. The minimum absolute atomic E-state index is 0.214. The van der Waals surface area contributed by atoms with Gasteiger partial charge < -0.3 is 10.5 Å². The van der Waals surface area contributed by atoms with Crippen LogP contribution in [0.1, 0.15) is 58.8 Å². The first-order valence-corrected chi connectivity index (χ1v) is 8.10. The standard InChI is InChI=1S/C16H34N2O/c1-4-5-6-7-10-16(2,14-17)18-11-8-15(9-12-18)13-19-3/h15H,4-14,17H2,1-3H3. The zero-order valence-corrected chi connectivity index (χ0v) is 13.3. The summed E-state index contributed by atoms with van der Waals surface area (Å²) >= 11 is 0. The molecule has 0 amide bonds. The number of piperidine rings is 1. The molecule has 0 aromatic heterocycles. The second-order valence-corrected chi connectivity index (χ2v) is 6.40. The van der Waals surface area contributed by atoms with Gasteiger partial charge in [0.05, 0.1) is 0 Å². The first-order valence-electron chi connectivity index (χ1n) is 8.10. The minimum atomic E-state index is 0.214. The van der Waals surface area contributed by atoms with E-state index in [9.17, 15) is 0 Å². The maximum Gasteiger partial charge on any atom is 0.0491 e. The summed E-state index contributed by atoms with van der Waals surface area (Å²) < 4.78 is 5.28. The van der Waals surface area contributed by atoms with E-state index < -0.39 is 0 Å². The van der Waals surface area contributed by atoms with E-state index in [4.69, 9.17) is 10.5 Å². The van der Waals surface area contributed by atoms with Gasteiger partial charge in [0.1, 0.15) is 0 Å². The Morgan fingerprint density at radius 3 is 2.42 bits per heavy atom. The molecule has 2 N–H and O–H groups in total. The van der Waals surface area contributed by atoms with Crippen LogP contribution in [-0.2, 0) is 4.74 Å². The van der Waals surface area contributed by atoms with Gasteiger partial charge in [0.15, 0.2) is 0 Å². The third-order valence-corrected chi connectivity index (χ3v) is 4.79. The Bertz CT molecular complexity index is 227. The van der Waals surface area contributed by atoms with Crippen LogP contribution in [0.4, 0.5) is 0 Å². The van der Waals surface area contributed by atoms with E-state index in [1.807, 2.05) is 7.11 Å². The van der Waals surface area contributed by atoms with Gasteiger partial charge in [0, 0.05) is 25.8 Å². The predicted molar refractivity (Wildman–Crippen MR) is 82.4 cm³/mol. The molecule has 0 saturated carbocycles. The van der Waals surface area contributed by atoms with Gasteiger partial charge in [0.2, 0.25) is 0 Å². The Morgan fingerprint density at radius 1 is 1.21 bits per heavy atom. The molecule has 0 spiro atoms. The Morgan fingerprint density at radius 2 is 1.89 bits per heavy atom. The number of nitrogens with two attached hydrogens (primary N) is 1. The second-order valence-electron chi connectivity index (χ2n) is 6.40. The van der Waals surface area contributed by atoms with Gasteiger partial charge in [-0.1, -0.05) is 32.6 Å². The van der Waals surface area contributed by atoms with Crippen LogP contribution in [0.2, 0.25) is 0 Å². The fourth-order valence-electron chi connectivity index (χ4n) is 3.20. The van der Waals surface area contributed by atoms with E-state index in [0.29, 0.717) is 0 Å². The van der Waals surface area contributed by atoms with E-state index in [-0.39, 0.29) is 5.54 Å². The molecule has 0 aliphatic carbocycles. The molecule has 0 aromatic carbocycles. The first-order chi connectivity index (χ1) is 9.16. The third-order valence-electron chi connectivity index (χ3n) is 4.79. The number of hydrogen-bond donors (Lipinski definition) is 1. The Balaban J connectivity index is 2.37. The van der Waals surface area contributed by atoms with E-state index >= 15 is 0 Å². The van der Waals surface area contributed by atoms with Gasteiger partial charge in [0.25, 0.3) is 0 Å². The highest BCUT2D eigenvalue weighted by molar-refractivity contribution is 4.90.